The molecule has 2 unspecified atom stereocenters. The van der Waals surface area contributed by atoms with E-state index in [4.69, 9.17) is 14.2 Å². The molecule has 162 valence electrons. The molecule has 0 radical (unpaired) electrons. The molecule has 9 heteroatoms. The molecule has 3 rings (SSSR count). The minimum atomic E-state index is -2.89. The highest BCUT2D eigenvalue weighted by atomic mass is 19.3. The summed E-state index contributed by atoms with van der Waals surface area (Å²) in [6, 6.07) is 5.05. The van der Waals surface area contributed by atoms with Crippen molar-refractivity contribution in [3.05, 3.63) is 23.8 Å². The third-order valence-corrected chi connectivity index (χ3v) is 5.13. The summed E-state index contributed by atoms with van der Waals surface area (Å²) in [6.07, 6.45) is 2.95. The Labute approximate surface area is 170 Å². The number of methoxy groups -OCH3 is 1. The summed E-state index contributed by atoms with van der Waals surface area (Å²) < 4.78 is 46.5. The fourth-order valence-corrected chi connectivity index (χ4v) is 3.70. The predicted octanol–water partition coefficient (Wildman–Crippen LogP) is 2.29. The van der Waals surface area contributed by atoms with E-state index in [1.54, 1.807) is 19.2 Å². The number of guanidine groups is 1. The molecule has 2 saturated heterocycles. The molecule has 7 nitrogen and oxygen atoms in total. The molecule has 1 N–H and O–H groups in total. The molecule has 0 amide bonds. The van der Waals surface area contributed by atoms with Crippen LogP contribution in [0.15, 0.2) is 23.2 Å². The average molecular weight is 413 g/mol. The number of nitrogens with one attached hydrogen (secondary N) is 1. The number of alkyl halides is 2. The van der Waals surface area contributed by atoms with E-state index in [0.29, 0.717) is 19.6 Å². The third-order valence-electron chi connectivity index (χ3n) is 5.13. The van der Waals surface area contributed by atoms with Gasteiger partial charge in [-0.2, -0.15) is 8.78 Å². The minimum Gasteiger partial charge on any atom is -0.493 e. The number of nitrogens with zero attached hydrogens (tertiary/aromatic N) is 2. The smallest absolute Gasteiger partial charge is 0.387 e. The second-order valence-corrected chi connectivity index (χ2v) is 6.99. The van der Waals surface area contributed by atoms with Gasteiger partial charge in [0, 0.05) is 33.3 Å². The van der Waals surface area contributed by atoms with E-state index in [0.717, 1.165) is 44.1 Å². The number of aliphatic imine (C=N–C) groups is 1. The first-order valence-corrected chi connectivity index (χ1v) is 9.91. The Kier molecular flexibility index (Phi) is 7.88. The first-order valence-electron chi connectivity index (χ1n) is 9.91. The maximum atomic E-state index is 12.6. The fraction of sp³-hybridized carbons (Fsp3) is 0.650. The van der Waals surface area contributed by atoms with Crippen LogP contribution in [0.4, 0.5) is 8.78 Å². The van der Waals surface area contributed by atoms with Gasteiger partial charge in [0.2, 0.25) is 0 Å². The third kappa shape index (κ3) is 5.93. The zero-order chi connectivity index (χ0) is 20.6. The maximum Gasteiger partial charge on any atom is 0.387 e. The van der Waals surface area contributed by atoms with Crippen molar-refractivity contribution in [1.82, 2.24) is 10.2 Å². The van der Waals surface area contributed by atoms with Crippen LogP contribution in [0.1, 0.15) is 18.4 Å². The van der Waals surface area contributed by atoms with Crippen LogP contribution in [-0.2, 0) is 15.9 Å². The summed E-state index contributed by atoms with van der Waals surface area (Å²) >= 11 is 0. The molecule has 0 spiro atoms. The average Bonchev–Trinajstić information content (AvgIpc) is 3.26. The lowest BCUT2D eigenvalue weighted by Crippen LogP contribution is -2.53. The van der Waals surface area contributed by atoms with Crippen molar-refractivity contribution in [3.8, 4) is 11.5 Å². The molecule has 1 aromatic rings. The van der Waals surface area contributed by atoms with Gasteiger partial charge in [-0.25, -0.2) is 0 Å². The Hall–Kier alpha value is -2.13. The summed E-state index contributed by atoms with van der Waals surface area (Å²) in [4.78, 5) is 6.56. The van der Waals surface area contributed by atoms with Crippen LogP contribution in [0, 0.1) is 0 Å². The van der Waals surface area contributed by atoms with Gasteiger partial charge in [-0.15, -0.1) is 0 Å². The van der Waals surface area contributed by atoms with Gasteiger partial charge in [0.25, 0.3) is 0 Å². The van der Waals surface area contributed by atoms with E-state index in [1.807, 2.05) is 6.07 Å². The lowest BCUT2D eigenvalue weighted by atomic mass is 10.1. The van der Waals surface area contributed by atoms with Crippen molar-refractivity contribution in [2.45, 2.75) is 38.1 Å². The van der Waals surface area contributed by atoms with Gasteiger partial charge in [0.1, 0.15) is 6.10 Å². The van der Waals surface area contributed by atoms with Crippen molar-refractivity contribution in [3.63, 3.8) is 0 Å². The fourth-order valence-electron chi connectivity index (χ4n) is 3.70. The van der Waals surface area contributed by atoms with Gasteiger partial charge in [0.15, 0.2) is 17.5 Å². The second-order valence-electron chi connectivity index (χ2n) is 6.99. The summed E-state index contributed by atoms with van der Waals surface area (Å²) in [5, 5.41) is 3.35. The monoisotopic (exact) mass is 413 g/mol. The molecular weight excluding hydrogens is 384 g/mol. The molecule has 2 heterocycles. The Morgan fingerprint density at radius 2 is 2.10 bits per heavy atom. The number of morpholine rings is 1. The van der Waals surface area contributed by atoms with Crippen LogP contribution in [0.2, 0.25) is 0 Å². The van der Waals surface area contributed by atoms with E-state index in [9.17, 15) is 8.78 Å². The number of hydrogen-bond donors (Lipinski definition) is 1. The van der Waals surface area contributed by atoms with Gasteiger partial charge in [-0.3, -0.25) is 4.99 Å². The highest BCUT2D eigenvalue weighted by Crippen LogP contribution is 2.29. The standard InChI is InChI=1S/C20H29F2N3O4/c1-23-20(25-9-11-28-18(13-25)16-4-3-10-27-16)24-8-7-14-5-6-15(26-2)17(12-14)29-19(21)22/h5-6,12,16,18-19H,3-4,7-11,13H2,1-2H3,(H,23,24). The SMILES string of the molecule is CN=C(NCCc1ccc(OC)c(OC(F)F)c1)N1CCOC(C2CCCO2)C1. The molecular formula is C20H29F2N3O4. The molecule has 2 atom stereocenters. The summed E-state index contributed by atoms with van der Waals surface area (Å²) in [7, 11) is 3.17. The Bertz CT molecular complexity index is 684. The van der Waals surface area contributed by atoms with E-state index >= 15 is 0 Å². The van der Waals surface area contributed by atoms with Gasteiger partial charge < -0.3 is 29.2 Å². The van der Waals surface area contributed by atoms with Crippen LogP contribution >= 0.6 is 0 Å². The molecule has 2 aliphatic rings. The first kappa shape index (κ1) is 21.6. The van der Waals surface area contributed by atoms with Gasteiger partial charge >= 0.3 is 6.61 Å². The van der Waals surface area contributed by atoms with Crippen molar-refractivity contribution < 1.29 is 27.7 Å². The molecule has 0 bridgehead atoms. The minimum absolute atomic E-state index is 0.0389. The summed E-state index contributed by atoms with van der Waals surface area (Å²) in [5.41, 5.74) is 0.864. The van der Waals surface area contributed by atoms with E-state index in [2.05, 4.69) is 19.9 Å². The molecule has 2 fully saturated rings. The number of hydrogen-bond acceptors (Lipinski definition) is 5. The molecule has 29 heavy (non-hydrogen) atoms. The lowest BCUT2D eigenvalue weighted by molar-refractivity contribution is -0.0816. The van der Waals surface area contributed by atoms with Gasteiger partial charge in [-0.05, 0) is 37.0 Å². The maximum absolute atomic E-state index is 12.6. The Morgan fingerprint density at radius 1 is 1.28 bits per heavy atom. The van der Waals surface area contributed by atoms with E-state index in [1.165, 1.54) is 7.11 Å². The van der Waals surface area contributed by atoms with Gasteiger partial charge in [0.05, 0.1) is 19.8 Å². The molecule has 0 aromatic heterocycles. The van der Waals surface area contributed by atoms with E-state index < -0.39 is 6.61 Å². The van der Waals surface area contributed by atoms with Crippen molar-refractivity contribution >= 4 is 5.96 Å². The summed E-state index contributed by atoms with van der Waals surface area (Å²) in [5.74, 6) is 1.12. The number of ether oxygens (including phenoxy) is 4. The van der Waals surface area contributed by atoms with Gasteiger partial charge in [-0.1, -0.05) is 6.07 Å². The van der Waals surface area contributed by atoms with E-state index in [-0.39, 0.29) is 23.7 Å². The van der Waals surface area contributed by atoms with Crippen molar-refractivity contribution in [2.24, 2.45) is 4.99 Å². The van der Waals surface area contributed by atoms with Crippen LogP contribution in [-0.4, -0.2) is 76.7 Å². The zero-order valence-electron chi connectivity index (χ0n) is 16.9. The molecule has 0 aliphatic carbocycles. The van der Waals surface area contributed by atoms with Crippen molar-refractivity contribution in [2.75, 3.05) is 47.0 Å². The van der Waals surface area contributed by atoms with Crippen LogP contribution in [0.5, 0.6) is 11.5 Å². The first-order chi connectivity index (χ1) is 14.1. The predicted molar refractivity (Wildman–Crippen MR) is 105 cm³/mol. The zero-order valence-corrected chi connectivity index (χ0v) is 16.9. The number of benzene rings is 1. The van der Waals surface area contributed by atoms with Crippen LogP contribution in [0.25, 0.3) is 0 Å². The normalized spacial score (nSPS) is 22.8. The number of halogens is 2. The second kappa shape index (κ2) is 10.6. The highest BCUT2D eigenvalue weighted by Gasteiger charge is 2.32. The topological polar surface area (TPSA) is 64.6 Å². The highest BCUT2D eigenvalue weighted by molar-refractivity contribution is 5.80. The quantitative estimate of drug-likeness (QED) is 0.547. The Morgan fingerprint density at radius 3 is 2.79 bits per heavy atom. The molecule has 2 aliphatic heterocycles. The molecule has 1 aromatic carbocycles. The Balaban J connectivity index is 1.53. The van der Waals surface area contributed by atoms with Crippen LogP contribution in [0.3, 0.4) is 0 Å². The summed E-state index contributed by atoms with van der Waals surface area (Å²) in [6.45, 7) is 0.648. The number of rotatable bonds is 7. The lowest BCUT2D eigenvalue weighted by Gasteiger charge is -2.37. The van der Waals surface area contributed by atoms with Crippen LogP contribution < -0.4 is 14.8 Å². The van der Waals surface area contributed by atoms with Crippen molar-refractivity contribution in [1.29, 1.82) is 0 Å². The largest absolute Gasteiger partial charge is 0.493 e. The molecule has 0 saturated carbocycles.